The van der Waals surface area contributed by atoms with E-state index in [4.69, 9.17) is 4.74 Å². The van der Waals surface area contributed by atoms with E-state index < -0.39 is 5.97 Å². The second-order valence-electron chi connectivity index (χ2n) is 7.07. The molecule has 1 aliphatic carbocycles. The lowest BCUT2D eigenvalue weighted by Gasteiger charge is -2.15. The predicted molar refractivity (Wildman–Crippen MR) is 107 cm³/mol. The molecular formula is C22H23N3O3. The Kier molecular flexibility index (Phi) is 5.10. The molecule has 4 rings (SSSR count). The van der Waals surface area contributed by atoms with Gasteiger partial charge in [-0.3, -0.25) is 4.79 Å². The van der Waals surface area contributed by atoms with E-state index in [0.29, 0.717) is 29.1 Å². The number of aryl methyl sites for hydroxylation is 1. The van der Waals surface area contributed by atoms with Crippen LogP contribution in [0.4, 0.5) is 0 Å². The number of para-hydroxylation sites is 1. The Hall–Kier alpha value is -3.15. The van der Waals surface area contributed by atoms with Crippen LogP contribution >= 0.6 is 0 Å². The van der Waals surface area contributed by atoms with Crippen LogP contribution in [0.15, 0.2) is 59.2 Å². The first-order valence-electron chi connectivity index (χ1n) is 9.62. The fourth-order valence-electron chi connectivity index (χ4n) is 3.70. The third-order valence-corrected chi connectivity index (χ3v) is 5.21. The first kappa shape index (κ1) is 18.2. The lowest BCUT2D eigenvalue weighted by atomic mass is 9.97. The summed E-state index contributed by atoms with van der Waals surface area (Å²) in [6.07, 6.45) is 11.5. The normalized spacial score (nSPS) is 14.1. The Morgan fingerprint density at radius 2 is 2.00 bits per heavy atom. The molecule has 0 N–H and O–H groups in total. The van der Waals surface area contributed by atoms with Gasteiger partial charge in [0.1, 0.15) is 11.3 Å². The van der Waals surface area contributed by atoms with E-state index in [2.05, 4.69) is 11.2 Å². The molecule has 2 aliphatic heterocycles. The standard InChI is InChI=1S/C22H23N3O3/c1-28-22(27)19-15-24(13-12-16-8-4-2-5-9-16)14-18-20(19)23-25(21(18)26)17-10-6-3-7-11-17/h3,6-8,10-11,14-15H,2,4-5,9,12-13H2,1H3. The number of ether oxygens (including phenoxy) is 1. The molecule has 1 aromatic rings. The Balaban J connectivity index is 1.76. The van der Waals surface area contributed by atoms with Crippen LogP contribution in [-0.4, -0.2) is 27.4 Å². The first-order valence-corrected chi connectivity index (χ1v) is 9.62. The van der Waals surface area contributed by atoms with Gasteiger partial charge in [-0.25, -0.2) is 4.79 Å². The van der Waals surface area contributed by atoms with E-state index in [9.17, 15) is 9.59 Å². The van der Waals surface area contributed by atoms with Crippen LogP contribution in [0, 0.1) is 0 Å². The summed E-state index contributed by atoms with van der Waals surface area (Å²) in [4.78, 5) is 25.3. The number of benzene rings is 1. The van der Waals surface area contributed by atoms with Crippen molar-refractivity contribution >= 4 is 5.97 Å². The number of aromatic nitrogens is 3. The quantitative estimate of drug-likeness (QED) is 0.501. The SMILES string of the molecule is COC(=O)c1cn(CCC2=CCCCC2)cc2c(=O)n(-c3ccccc3)nc1-2. The van der Waals surface area contributed by atoms with E-state index in [1.54, 1.807) is 12.4 Å². The van der Waals surface area contributed by atoms with Gasteiger partial charge in [0.2, 0.25) is 0 Å². The molecule has 0 amide bonds. The molecule has 3 aliphatic rings. The number of esters is 1. The van der Waals surface area contributed by atoms with Gasteiger partial charge in [-0.15, -0.1) is 0 Å². The highest BCUT2D eigenvalue weighted by atomic mass is 16.5. The van der Waals surface area contributed by atoms with Crippen molar-refractivity contribution in [3.05, 3.63) is 70.3 Å². The maximum absolute atomic E-state index is 13.0. The highest BCUT2D eigenvalue weighted by Crippen LogP contribution is 2.25. The average molecular weight is 377 g/mol. The summed E-state index contributed by atoms with van der Waals surface area (Å²) >= 11 is 0. The van der Waals surface area contributed by atoms with Crippen LogP contribution in [0.1, 0.15) is 42.5 Å². The van der Waals surface area contributed by atoms with Gasteiger partial charge in [-0.2, -0.15) is 9.78 Å². The third-order valence-electron chi connectivity index (χ3n) is 5.21. The van der Waals surface area contributed by atoms with Crippen LogP contribution in [-0.2, 0) is 11.3 Å². The van der Waals surface area contributed by atoms with E-state index >= 15 is 0 Å². The van der Waals surface area contributed by atoms with Gasteiger partial charge in [0, 0.05) is 18.9 Å². The monoisotopic (exact) mass is 377 g/mol. The molecule has 0 aromatic heterocycles. The molecule has 0 saturated carbocycles. The van der Waals surface area contributed by atoms with Crippen LogP contribution in [0.3, 0.4) is 0 Å². The number of hydrogen-bond acceptors (Lipinski definition) is 4. The molecule has 28 heavy (non-hydrogen) atoms. The number of fused-ring (bicyclic) bond motifs is 1. The number of rotatable bonds is 5. The molecule has 0 bridgehead atoms. The van der Waals surface area contributed by atoms with Crippen molar-refractivity contribution in [3.63, 3.8) is 0 Å². The predicted octanol–water partition coefficient (Wildman–Crippen LogP) is 3.82. The van der Waals surface area contributed by atoms with Crippen molar-refractivity contribution in [3.8, 4) is 16.9 Å². The summed E-state index contributed by atoms with van der Waals surface area (Å²) in [6, 6.07) is 9.20. The minimum atomic E-state index is -0.492. The summed E-state index contributed by atoms with van der Waals surface area (Å²) < 4.78 is 8.18. The van der Waals surface area contributed by atoms with Crippen LogP contribution in [0.5, 0.6) is 0 Å². The second-order valence-corrected chi connectivity index (χ2v) is 7.07. The minimum Gasteiger partial charge on any atom is -0.465 e. The minimum absolute atomic E-state index is 0.238. The van der Waals surface area contributed by atoms with E-state index in [-0.39, 0.29) is 5.56 Å². The van der Waals surface area contributed by atoms with E-state index in [1.807, 2.05) is 34.9 Å². The average Bonchev–Trinajstić information content (AvgIpc) is 3.09. The molecule has 0 fully saturated rings. The summed E-state index contributed by atoms with van der Waals surface area (Å²) in [6.45, 7) is 0.710. The van der Waals surface area contributed by atoms with Crippen LogP contribution < -0.4 is 5.56 Å². The largest absolute Gasteiger partial charge is 0.465 e. The smallest absolute Gasteiger partial charge is 0.341 e. The zero-order chi connectivity index (χ0) is 19.5. The molecule has 0 radical (unpaired) electrons. The van der Waals surface area contributed by atoms with Crippen molar-refractivity contribution in [1.82, 2.24) is 14.3 Å². The first-order chi connectivity index (χ1) is 13.7. The molecule has 6 heteroatoms. The van der Waals surface area contributed by atoms with Crippen molar-refractivity contribution in [1.29, 1.82) is 0 Å². The lowest BCUT2D eigenvalue weighted by molar-refractivity contribution is 0.0600. The van der Waals surface area contributed by atoms with Gasteiger partial charge in [0.05, 0.1) is 18.4 Å². The molecule has 0 spiro atoms. The maximum Gasteiger partial charge on any atom is 0.341 e. The Bertz CT molecular complexity index is 1050. The molecule has 1 aromatic carbocycles. The maximum atomic E-state index is 13.0. The topological polar surface area (TPSA) is 66.1 Å². The van der Waals surface area contributed by atoms with Gasteiger partial charge < -0.3 is 9.30 Å². The van der Waals surface area contributed by atoms with Crippen molar-refractivity contribution in [2.45, 2.75) is 38.6 Å². The Morgan fingerprint density at radius 1 is 1.18 bits per heavy atom. The molecule has 0 atom stereocenters. The Morgan fingerprint density at radius 3 is 2.71 bits per heavy atom. The van der Waals surface area contributed by atoms with Gasteiger partial charge in [-0.05, 0) is 44.2 Å². The number of carbonyl (C=O) groups is 1. The molecular weight excluding hydrogens is 354 g/mol. The number of allylic oxidation sites excluding steroid dienone is 2. The fourth-order valence-corrected chi connectivity index (χ4v) is 3.70. The number of methoxy groups -OCH3 is 1. The van der Waals surface area contributed by atoms with Gasteiger partial charge in [0.25, 0.3) is 5.56 Å². The summed E-state index contributed by atoms with van der Waals surface area (Å²) in [5.41, 5.74) is 2.97. The summed E-state index contributed by atoms with van der Waals surface area (Å²) in [7, 11) is 1.34. The van der Waals surface area contributed by atoms with Gasteiger partial charge in [0.15, 0.2) is 0 Å². The molecule has 6 nitrogen and oxygen atoms in total. The summed E-state index contributed by atoms with van der Waals surface area (Å²) in [5.74, 6) is -0.492. The van der Waals surface area contributed by atoms with Gasteiger partial charge >= 0.3 is 5.97 Å². The van der Waals surface area contributed by atoms with Crippen molar-refractivity contribution in [2.75, 3.05) is 7.11 Å². The molecule has 2 heterocycles. The highest BCUT2D eigenvalue weighted by Gasteiger charge is 2.24. The summed E-state index contributed by atoms with van der Waals surface area (Å²) in [5, 5.41) is 4.42. The third kappa shape index (κ3) is 3.50. The second kappa shape index (κ2) is 7.84. The molecule has 144 valence electrons. The van der Waals surface area contributed by atoms with E-state index in [0.717, 1.165) is 19.3 Å². The molecule has 0 saturated heterocycles. The zero-order valence-corrected chi connectivity index (χ0v) is 15.9. The Labute approximate surface area is 163 Å². The zero-order valence-electron chi connectivity index (χ0n) is 15.9. The van der Waals surface area contributed by atoms with Crippen LogP contribution in [0.2, 0.25) is 0 Å². The fraction of sp³-hybridized carbons (Fsp3) is 0.318. The number of hydrogen-bond donors (Lipinski definition) is 0. The molecule has 0 unspecified atom stereocenters. The highest BCUT2D eigenvalue weighted by molar-refractivity contribution is 5.96. The van der Waals surface area contributed by atoms with E-state index in [1.165, 1.54) is 30.2 Å². The number of carbonyl (C=O) groups excluding carboxylic acids is 1. The number of pyridine rings is 1. The van der Waals surface area contributed by atoms with Crippen LogP contribution in [0.25, 0.3) is 16.9 Å². The van der Waals surface area contributed by atoms with Crippen molar-refractivity contribution < 1.29 is 9.53 Å². The lowest BCUT2D eigenvalue weighted by Crippen LogP contribution is -2.15. The number of nitrogens with zero attached hydrogens (tertiary/aromatic N) is 3. The van der Waals surface area contributed by atoms with Crippen molar-refractivity contribution in [2.24, 2.45) is 0 Å². The van der Waals surface area contributed by atoms with Gasteiger partial charge in [-0.1, -0.05) is 29.8 Å².